The van der Waals surface area contributed by atoms with Gasteiger partial charge in [0.15, 0.2) is 5.78 Å². The first kappa shape index (κ1) is 20.3. The normalized spacial score (nSPS) is 22.4. The van der Waals surface area contributed by atoms with Crippen molar-refractivity contribution in [3.05, 3.63) is 81.3 Å². The molecule has 7 heteroatoms. The molecule has 1 atom stereocenters. The fourth-order valence-corrected chi connectivity index (χ4v) is 5.52. The fourth-order valence-electron chi connectivity index (χ4n) is 5.35. The summed E-state index contributed by atoms with van der Waals surface area (Å²) in [6.07, 6.45) is 1.53. The van der Waals surface area contributed by atoms with Crippen LogP contribution in [0.1, 0.15) is 30.4 Å². The highest BCUT2D eigenvalue weighted by Gasteiger charge is 2.61. The number of nitriles is 1. The summed E-state index contributed by atoms with van der Waals surface area (Å²) in [6.45, 7) is 1.87. The van der Waals surface area contributed by atoms with Gasteiger partial charge in [-0.2, -0.15) is 5.26 Å². The zero-order valence-electron chi connectivity index (χ0n) is 17.8. The molecule has 0 aromatic heterocycles. The number of hydrogen-bond donors (Lipinski definition) is 1. The zero-order chi connectivity index (χ0) is 22.8. The quantitative estimate of drug-likeness (QED) is 0.715. The van der Waals surface area contributed by atoms with Gasteiger partial charge in [-0.25, -0.2) is 0 Å². The largest absolute Gasteiger partial charge is 0.384 e. The van der Waals surface area contributed by atoms with Crippen molar-refractivity contribution in [1.29, 1.82) is 5.26 Å². The standard InChI is InChI=1S/C25H21ClN4O2/c1-14-17(26)8-5-10-18(14)30-20-11-6-12-21(31)22(20)25(16(13-27)23(30)28)15-7-3-4-9-19(15)29(2)24(25)32/h3-5,7-10H,6,11-12,28H2,1-2H3. The Morgan fingerprint density at radius 2 is 1.81 bits per heavy atom. The predicted molar refractivity (Wildman–Crippen MR) is 123 cm³/mol. The number of allylic oxidation sites excluding steroid dienone is 1. The first-order valence-corrected chi connectivity index (χ1v) is 10.8. The number of halogens is 1. The van der Waals surface area contributed by atoms with Crippen LogP contribution in [0.3, 0.4) is 0 Å². The molecule has 1 spiro atoms. The molecule has 6 nitrogen and oxygen atoms in total. The van der Waals surface area contributed by atoms with Crippen LogP contribution in [0.4, 0.5) is 11.4 Å². The highest BCUT2D eigenvalue weighted by molar-refractivity contribution is 6.31. The van der Waals surface area contributed by atoms with E-state index in [1.807, 2.05) is 43.3 Å². The minimum Gasteiger partial charge on any atom is -0.384 e. The Kier molecular flexibility index (Phi) is 4.44. The number of para-hydroxylation sites is 1. The molecule has 32 heavy (non-hydrogen) atoms. The molecule has 2 aromatic carbocycles. The highest BCUT2D eigenvalue weighted by Crippen LogP contribution is 2.56. The minimum absolute atomic E-state index is 0.0766. The molecule has 1 aliphatic carbocycles. The second kappa shape index (κ2) is 6.98. The number of nitrogens with zero attached hydrogens (tertiary/aromatic N) is 3. The lowest BCUT2D eigenvalue weighted by Gasteiger charge is -2.44. The first-order chi connectivity index (χ1) is 15.4. The maximum absolute atomic E-state index is 13.9. The van der Waals surface area contributed by atoms with Gasteiger partial charge in [-0.1, -0.05) is 35.9 Å². The van der Waals surface area contributed by atoms with Crippen LogP contribution < -0.4 is 15.5 Å². The lowest BCUT2D eigenvalue weighted by molar-refractivity contribution is -0.124. The third-order valence-electron chi connectivity index (χ3n) is 6.79. The van der Waals surface area contributed by atoms with Crippen molar-refractivity contribution in [1.82, 2.24) is 0 Å². The van der Waals surface area contributed by atoms with Gasteiger partial charge in [-0.3, -0.25) is 14.5 Å². The number of amides is 1. The van der Waals surface area contributed by atoms with E-state index in [2.05, 4.69) is 6.07 Å². The van der Waals surface area contributed by atoms with Crippen LogP contribution in [0.5, 0.6) is 0 Å². The monoisotopic (exact) mass is 444 g/mol. The van der Waals surface area contributed by atoms with Crippen LogP contribution in [-0.2, 0) is 15.0 Å². The molecule has 2 heterocycles. The zero-order valence-corrected chi connectivity index (χ0v) is 18.5. The number of rotatable bonds is 1. The molecule has 0 saturated heterocycles. The summed E-state index contributed by atoms with van der Waals surface area (Å²) >= 11 is 6.39. The van der Waals surface area contributed by atoms with Gasteiger partial charge in [-0.15, -0.1) is 0 Å². The van der Waals surface area contributed by atoms with Crippen LogP contribution in [-0.4, -0.2) is 18.7 Å². The van der Waals surface area contributed by atoms with Gasteiger partial charge < -0.3 is 10.6 Å². The van der Waals surface area contributed by atoms with Crippen molar-refractivity contribution in [2.75, 3.05) is 16.8 Å². The number of Topliss-reactive ketones (excluding diaryl/α,β-unsaturated/α-hetero) is 1. The fraction of sp³-hybridized carbons (Fsp3) is 0.240. The molecule has 0 saturated carbocycles. The summed E-state index contributed by atoms with van der Waals surface area (Å²) in [5.74, 6) is -0.303. The molecule has 5 rings (SSSR count). The minimum atomic E-state index is -1.53. The lowest BCUT2D eigenvalue weighted by atomic mass is 9.63. The summed E-state index contributed by atoms with van der Waals surface area (Å²) in [6, 6.07) is 15.0. The van der Waals surface area contributed by atoms with Crippen LogP contribution in [0.15, 0.2) is 65.1 Å². The van der Waals surface area contributed by atoms with E-state index in [1.54, 1.807) is 18.0 Å². The highest BCUT2D eigenvalue weighted by atomic mass is 35.5. The van der Waals surface area contributed by atoms with E-state index in [-0.39, 0.29) is 23.1 Å². The van der Waals surface area contributed by atoms with E-state index in [0.717, 1.165) is 5.56 Å². The predicted octanol–water partition coefficient (Wildman–Crippen LogP) is 4.08. The van der Waals surface area contributed by atoms with E-state index >= 15 is 0 Å². The van der Waals surface area contributed by atoms with Gasteiger partial charge in [0.2, 0.25) is 5.91 Å². The molecule has 1 amide bonds. The number of carbonyl (C=O) groups excluding carboxylic acids is 2. The molecule has 2 aliphatic heterocycles. The van der Waals surface area contributed by atoms with Crippen molar-refractivity contribution in [2.45, 2.75) is 31.6 Å². The van der Waals surface area contributed by atoms with Gasteiger partial charge in [0.25, 0.3) is 0 Å². The average molecular weight is 445 g/mol. The van der Waals surface area contributed by atoms with Gasteiger partial charge in [-0.05, 0) is 43.5 Å². The Morgan fingerprint density at radius 1 is 1.09 bits per heavy atom. The Labute approximate surface area is 191 Å². The maximum Gasteiger partial charge on any atom is 0.247 e. The van der Waals surface area contributed by atoms with Crippen molar-refractivity contribution < 1.29 is 9.59 Å². The number of likely N-dealkylation sites (N-methyl/N-ethyl adjacent to an activating group) is 1. The van der Waals surface area contributed by atoms with Crippen LogP contribution in [0, 0.1) is 18.3 Å². The third-order valence-corrected chi connectivity index (χ3v) is 7.20. The number of fused-ring (bicyclic) bond motifs is 3. The molecule has 0 radical (unpaired) electrons. The van der Waals surface area contributed by atoms with Crippen LogP contribution in [0.2, 0.25) is 5.02 Å². The van der Waals surface area contributed by atoms with E-state index in [0.29, 0.717) is 52.5 Å². The Balaban J connectivity index is 1.92. The number of hydrogen-bond acceptors (Lipinski definition) is 5. The molecule has 2 N–H and O–H groups in total. The maximum atomic E-state index is 13.9. The van der Waals surface area contributed by atoms with Crippen molar-refractivity contribution in [2.24, 2.45) is 5.73 Å². The van der Waals surface area contributed by atoms with Gasteiger partial charge >= 0.3 is 0 Å². The average Bonchev–Trinajstić information content (AvgIpc) is 3.00. The second-order valence-corrected chi connectivity index (χ2v) is 8.73. The van der Waals surface area contributed by atoms with Gasteiger partial charge in [0, 0.05) is 41.0 Å². The lowest BCUT2D eigenvalue weighted by Crippen LogP contribution is -2.52. The molecule has 0 bridgehead atoms. The molecular formula is C25H21ClN4O2. The van der Waals surface area contributed by atoms with Crippen LogP contribution >= 0.6 is 11.6 Å². The molecule has 160 valence electrons. The van der Waals surface area contributed by atoms with Crippen LogP contribution in [0.25, 0.3) is 0 Å². The summed E-state index contributed by atoms with van der Waals surface area (Å²) in [4.78, 5) is 30.6. The number of carbonyl (C=O) groups is 2. The molecule has 1 unspecified atom stereocenters. The molecule has 3 aliphatic rings. The summed E-state index contributed by atoms with van der Waals surface area (Å²) in [5, 5.41) is 10.9. The number of anilines is 2. The van der Waals surface area contributed by atoms with Gasteiger partial charge in [0.1, 0.15) is 17.3 Å². The van der Waals surface area contributed by atoms with E-state index in [4.69, 9.17) is 17.3 Å². The van der Waals surface area contributed by atoms with Crippen molar-refractivity contribution in [3.8, 4) is 6.07 Å². The summed E-state index contributed by atoms with van der Waals surface area (Å²) in [5.41, 5.74) is 9.04. The van der Waals surface area contributed by atoms with E-state index < -0.39 is 5.41 Å². The van der Waals surface area contributed by atoms with Crippen molar-refractivity contribution in [3.63, 3.8) is 0 Å². The summed E-state index contributed by atoms with van der Waals surface area (Å²) in [7, 11) is 1.67. The van der Waals surface area contributed by atoms with E-state index in [1.165, 1.54) is 4.90 Å². The molecule has 0 fully saturated rings. The Morgan fingerprint density at radius 3 is 2.56 bits per heavy atom. The molecular weight excluding hydrogens is 424 g/mol. The SMILES string of the molecule is Cc1c(Cl)cccc1N1C(N)=C(C#N)C2(C(=O)N(C)c3ccccc32)C2=C1CCCC2=O. The first-order valence-electron chi connectivity index (χ1n) is 10.5. The van der Waals surface area contributed by atoms with E-state index in [9.17, 15) is 14.9 Å². The number of ketones is 1. The smallest absolute Gasteiger partial charge is 0.247 e. The third kappa shape index (κ3) is 2.34. The molecule has 2 aromatic rings. The van der Waals surface area contributed by atoms with Crippen molar-refractivity contribution >= 4 is 34.7 Å². The number of benzene rings is 2. The Hall–Kier alpha value is -3.56. The van der Waals surface area contributed by atoms with Gasteiger partial charge in [0.05, 0.1) is 11.3 Å². The number of nitrogens with two attached hydrogens (primary N) is 1. The second-order valence-electron chi connectivity index (χ2n) is 8.32. The Bertz CT molecular complexity index is 1320. The summed E-state index contributed by atoms with van der Waals surface area (Å²) < 4.78 is 0. The topological polar surface area (TPSA) is 90.4 Å².